The Bertz CT molecular complexity index is 723. The number of hydrogen-bond acceptors (Lipinski definition) is 6. The third kappa shape index (κ3) is 6.76. The highest BCUT2D eigenvalue weighted by molar-refractivity contribution is 6.29. The molecule has 0 unspecified atom stereocenters. The zero-order chi connectivity index (χ0) is 19.9. The number of morpholine rings is 1. The Morgan fingerprint density at radius 1 is 1.11 bits per heavy atom. The van der Waals surface area contributed by atoms with Crippen LogP contribution in [0.3, 0.4) is 0 Å². The summed E-state index contributed by atoms with van der Waals surface area (Å²) >= 11 is 6.04. The summed E-state index contributed by atoms with van der Waals surface area (Å²) in [7, 11) is 0. The normalized spacial score (nSPS) is 14.2. The number of benzene rings is 1. The summed E-state index contributed by atoms with van der Waals surface area (Å²) < 4.78 is 45.6. The minimum Gasteiger partial charge on any atom is -0.406 e. The van der Waals surface area contributed by atoms with E-state index < -0.39 is 6.36 Å². The fourth-order valence-corrected chi connectivity index (χ4v) is 2.44. The summed E-state index contributed by atoms with van der Waals surface area (Å²) in [6.45, 7) is 6.48. The summed E-state index contributed by atoms with van der Waals surface area (Å²) in [6.07, 6.45) is -4.72. The minimum absolute atomic E-state index is 0.260. The lowest BCUT2D eigenvalue weighted by Gasteiger charge is -2.27. The van der Waals surface area contributed by atoms with Crippen molar-refractivity contribution < 1.29 is 22.6 Å². The Labute approximate surface area is 160 Å². The quantitative estimate of drug-likeness (QED) is 0.749. The summed E-state index contributed by atoms with van der Waals surface area (Å²) in [6, 6.07) is 6.85. The largest absolute Gasteiger partial charge is 0.573 e. The van der Waals surface area contributed by atoms with E-state index in [0.717, 1.165) is 0 Å². The minimum atomic E-state index is -4.72. The number of halogens is 4. The number of ether oxygens (including phenoxy) is 2. The Kier molecular flexibility index (Phi) is 7.49. The number of rotatable bonds is 4. The second-order valence-corrected chi connectivity index (χ2v) is 5.56. The number of alkyl halides is 3. The second-order valence-electron chi connectivity index (χ2n) is 5.17. The molecule has 1 saturated heterocycles. The lowest BCUT2D eigenvalue weighted by atomic mass is 10.3. The Morgan fingerprint density at radius 2 is 1.74 bits per heavy atom. The van der Waals surface area contributed by atoms with Crippen LogP contribution in [0.2, 0.25) is 5.15 Å². The molecule has 1 fully saturated rings. The molecule has 2 aromatic rings. The number of aromatic nitrogens is 2. The van der Waals surface area contributed by atoms with Gasteiger partial charge in [-0.15, -0.1) is 13.2 Å². The van der Waals surface area contributed by atoms with Gasteiger partial charge in [0, 0.05) is 24.8 Å². The fraction of sp³-hybridized carbons (Fsp3) is 0.412. The van der Waals surface area contributed by atoms with Crippen molar-refractivity contribution in [3.05, 3.63) is 35.5 Å². The molecule has 0 radical (unpaired) electrons. The molecule has 0 saturated carbocycles. The monoisotopic (exact) mass is 404 g/mol. The first-order valence-corrected chi connectivity index (χ1v) is 8.77. The molecule has 0 bridgehead atoms. The van der Waals surface area contributed by atoms with Crippen LogP contribution >= 0.6 is 11.6 Å². The van der Waals surface area contributed by atoms with Gasteiger partial charge in [0.15, 0.2) is 0 Å². The maximum absolute atomic E-state index is 12.2. The average Bonchev–Trinajstić information content (AvgIpc) is 2.64. The van der Waals surface area contributed by atoms with Crippen LogP contribution in [0.15, 0.2) is 30.3 Å². The zero-order valence-electron chi connectivity index (χ0n) is 14.9. The highest BCUT2D eigenvalue weighted by Gasteiger charge is 2.30. The molecular formula is C17H20ClF3N4O2. The third-order valence-corrected chi connectivity index (χ3v) is 3.53. The van der Waals surface area contributed by atoms with Gasteiger partial charge in [-0.1, -0.05) is 25.4 Å². The molecule has 6 nitrogen and oxygen atoms in total. The van der Waals surface area contributed by atoms with Gasteiger partial charge in [0.05, 0.1) is 13.2 Å². The predicted octanol–water partition coefficient (Wildman–Crippen LogP) is 4.64. The molecule has 148 valence electrons. The molecule has 27 heavy (non-hydrogen) atoms. The summed E-state index contributed by atoms with van der Waals surface area (Å²) in [5.41, 5.74) is 0.539. The number of anilines is 3. The van der Waals surface area contributed by atoms with Crippen LogP contribution in [0.1, 0.15) is 13.8 Å². The van der Waals surface area contributed by atoms with Gasteiger partial charge in [0.25, 0.3) is 0 Å². The molecule has 1 aromatic carbocycles. The van der Waals surface area contributed by atoms with Gasteiger partial charge in [0.2, 0.25) is 5.95 Å². The van der Waals surface area contributed by atoms with Crippen molar-refractivity contribution in [3.8, 4) is 5.75 Å². The maximum Gasteiger partial charge on any atom is 0.573 e. The number of nitrogens with one attached hydrogen (secondary N) is 1. The third-order valence-electron chi connectivity index (χ3n) is 3.34. The van der Waals surface area contributed by atoms with Crippen LogP contribution in [0.5, 0.6) is 5.75 Å². The molecule has 1 N–H and O–H groups in total. The molecular weight excluding hydrogens is 385 g/mol. The van der Waals surface area contributed by atoms with Crippen LogP contribution < -0.4 is 15.0 Å². The molecule has 1 aliphatic rings. The average molecular weight is 405 g/mol. The van der Waals surface area contributed by atoms with Crippen molar-refractivity contribution in [2.24, 2.45) is 0 Å². The Hall–Kier alpha value is -2.26. The first kappa shape index (κ1) is 21.0. The molecule has 0 atom stereocenters. The highest BCUT2D eigenvalue weighted by atomic mass is 35.5. The zero-order valence-corrected chi connectivity index (χ0v) is 15.6. The van der Waals surface area contributed by atoms with Gasteiger partial charge in [-0.05, 0) is 24.3 Å². The second kappa shape index (κ2) is 9.61. The molecule has 1 aliphatic heterocycles. The molecule has 2 heterocycles. The van der Waals surface area contributed by atoms with Crippen LogP contribution in [-0.4, -0.2) is 42.6 Å². The van der Waals surface area contributed by atoms with E-state index in [0.29, 0.717) is 43.8 Å². The topological polar surface area (TPSA) is 59.5 Å². The molecule has 0 spiro atoms. The van der Waals surface area contributed by atoms with Crippen molar-refractivity contribution >= 4 is 29.1 Å². The molecule has 0 amide bonds. The molecule has 1 aromatic heterocycles. The van der Waals surface area contributed by atoms with E-state index >= 15 is 0 Å². The number of nitrogens with zero attached hydrogens (tertiary/aromatic N) is 3. The summed E-state index contributed by atoms with van der Waals surface area (Å²) in [4.78, 5) is 10.5. The van der Waals surface area contributed by atoms with E-state index in [1.165, 1.54) is 30.3 Å². The van der Waals surface area contributed by atoms with E-state index in [2.05, 4.69) is 20.0 Å². The summed E-state index contributed by atoms with van der Waals surface area (Å²) in [5, 5.41) is 3.24. The standard InChI is InChI=1S/C15H14ClF3N4O2.C2H6/c16-12-9-13(22-14(21-12)23-5-7-24-8-6-23)20-10-1-3-11(4-2-10)25-15(17,18)19;1-2/h1-4,9H,5-8H2,(H,20,21,22);1-2H3. The van der Waals surface area contributed by atoms with Crippen LogP contribution in [0, 0.1) is 0 Å². The van der Waals surface area contributed by atoms with Crippen molar-refractivity contribution in [1.82, 2.24) is 9.97 Å². The summed E-state index contributed by atoms with van der Waals surface area (Å²) in [5.74, 6) is 0.606. The van der Waals surface area contributed by atoms with Gasteiger partial charge in [-0.2, -0.15) is 4.98 Å². The van der Waals surface area contributed by atoms with Gasteiger partial charge >= 0.3 is 6.36 Å². The van der Waals surface area contributed by atoms with Crippen LogP contribution in [0.25, 0.3) is 0 Å². The predicted molar refractivity (Wildman–Crippen MR) is 97.8 cm³/mol. The molecule has 10 heteroatoms. The lowest BCUT2D eigenvalue weighted by molar-refractivity contribution is -0.274. The fourth-order valence-electron chi connectivity index (χ4n) is 2.26. The lowest BCUT2D eigenvalue weighted by Crippen LogP contribution is -2.37. The van der Waals surface area contributed by atoms with Crippen molar-refractivity contribution in [2.45, 2.75) is 20.2 Å². The van der Waals surface area contributed by atoms with E-state index in [4.69, 9.17) is 16.3 Å². The van der Waals surface area contributed by atoms with Crippen LogP contribution in [0.4, 0.5) is 30.6 Å². The first-order chi connectivity index (χ1) is 12.9. The van der Waals surface area contributed by atoms with Gasteiger partial charge in [-0.3, -0.25) is 0 Å². The van der Waals surface area contributed by atoms with Gasteiger partial charge in [0.1, 0.15) is 16.7 Å². The molecule has 3 rings (SSSR count). The molecule has 0 aliphatic carbocycles. The smallest absolute Gasteiger partial charge is 0.406 e. The van der Waals surface area contributed by atoms with Crippen molar-refractivity contribution in [1.29, 1.82) is 0 Å². The Balaban J connectivity index is 0.00000126. The van der Waals surface area contributed by atoms with E-state index in [-0.39, 0.29) is 10.9 Å². The van der Waals surface area contributed by atoms with Crippen LogP contribution in [-0.2, 0) is 4.74 Å². The van der Waals surface area contributed by atoms with E-state index in [1.54, 1.807) is 0 Å². The van der Waals surface area contributed by atoms with Crippen molar-refractivity contribution in [2.75, 3.05) is 36.5 Å². The first-order valence-electron chi connectivity index (χ1n) is 8.39. The maximum atomic E-state index is 12.2. The Morgan fingerprint density at radius 3 is 2.33 bits per heavy atom. The van der Waals surface area contributed by atoms with Gasteiger partial charge < -0.3 is 19.7 Å². The SMILES string of the molecule is CC.FC(F)(F)Oc1ccc(Nc2cc(Cl)nc(N3CCOCC3)n2)cc1. The van der Waals surface area contributed by atoms with E-state index in [9.17, 15) is 13.2 Å². The highest BCUT2D eigenvalue weighted by Crippen LogP contribution is 2.26. The van der Waals surface area contributed by atoms with E-state index in [1.807, 2.05) is 18.7 Å². The number of hydrogen-bond donors (Lipinski definition) is 1. The van der Waals surface area contributed by atoms with Gasteiger partial charge in [-0.25, -0.2) is 4.98 Å². The van der Waals surface area contributed by atoms with Crippen molar-refractivity contribution in [3.63, 3.8) is 0 Å².